The lowest BCUT2D eigenvalue weighted by Crippen LogP contribution is -2.04. The van der Waals surface area contributed by atoms with Gasteiger partial charge in [-0.2, -0.15) is 0 Å². The van der Waals surface area contributed by atoms with Crippen LogP contribution in [0.4, 0.5) is 0 Å². The Labute approximate surface area is 62.0 Å². The van der Waals surface area contributed by atoms with E-state index in [2.05, 4.69) is 10.3 Å². The van der Waals surface area contributed by atoms with Crippen LogP contribution in [0.1, 0.15) is 20.3 Å². The highest BCUT2D eigenvalue weighted by atomic mass is 14.9. The molecule has 0 bridgehead atoms. The Bertz CT molecular complexity index is 156. The molecule has 1 saturated heterocycles. The fraction of sp³-hybridized carbons (Fsp3) is 0.625. The highest BCUT2D eigenvalue weighted by Crippen LogP contribution is 2.04. The second-order valence-corrected chi connectivity index (χ2v) is 2.79. The minimum Gasteiger partial charge on any atom is -0.313 e. The lowest BCUT2D eigenvalue weighted by molar-refractivity contribution is 0.862. The zero-order valence-corrected chi connectivity index (χ0v) is 6.65. The molecule has 0 atom stereocenters. The van der Waals surface area contributed by atoms with E-state index in [9.17, 15) is 0 Å². The zero-order valence-electron chi connectivity index (χ0n) is 6.65. The number of nitrogens with zero attached hydrogens (tertiary/aromatic N) is 1. The van der Waals surface area contributed by atoms with Crippen LogP contribution in [-0.4, -0.2) is 18.8 Å². The van der Waals surface area contributed by atoms with Crippen LogP contribution in [0, 0.1) is 0 Å². The standard InChI is InChI=1S/C8H14N2/c1-7(2)10-6-8-3-4-9-5-8/h6,9H,3-5H2,1-2H3/b8-6-. The summed E-state index contributed by atoms with van der Waals surface area (Å²) in [4.78, 5) is 4.22. The van der Waals surface area contributed by atoms with Crippen LogP contribution in [-0.2, 0) is 0 Å². The fourth-order valence-electron chi connectivity index (χ4n) is 0.917. The number of hydrogen-bond acceptors (Lipinski definition) is 2. The van der Waals surface area contributed by atoms with Gasteiger partial charge in [0.2, 0.25) is 0 Å². The molecule has 0 radical (unpaired) electrons. The van der Waals surface area contributed by atoms with Crippen molar-refractivity contribution in [3.8, 4) is 0 Å². The summed E-state index contributed by atoms with van der Waals surface area (Å²) in [6, 6.07) is 0. The number of rotatable bonds is 1. The van der Waals surface area contributed by atoms with Crippen molar-refractivity contribution in [1.29, 1.82) is 0 Å². The monoisotopic (exact) mass is 138 g/mol. The normalized spacial score (nSPS) is 21.6. The minimum atomic E-state index is 1.02. The molecule has 0 spiro atoms. The summed E-state index contributed by atoms with van der Waals surface area (Å²) in [5, 5.41) is 3.26. The molecule has 0 unspecified atom stereocenters. The Kier molecular flexibility index (Phi) is 2.63. The Morgan fingerprint density at radius 2 is 2.40 bits per heavy atom. The predicted octanol–water partition coefficient (Wildman–Crippen LogP) is 1.34. The van der Waals surface area contributed by atoms with Gasteiger partial charge in [0, 0.05) is 18.5 Å². The molecule has 0 aromatic rings. The van der Waals surface area contributed by atoms with Gasteiger partial charge in [0.15, 0.2) is 0 Å². The molecule has 2 nitrogen and oxygen atoms in total. The quantitative estimate of drug-likeness (QED) is 0.543. The van der Waals surface area contributed by atoms with E-state index in [0.717, 1.165) is 25.2 Å². The van der Waals surface area contributed by atoms with Crippen LogP contribution in [0.2, 0.25) is 0 Å². The third kappa shape index (κ3) is 2.31. The lowest BCUT2D eigenvalue weighted by atomic mass is 10.3. The maximum atomic E-state index is 4.22. The van der Waals surface area contributed by atoms with Crippen molar-refractivity contribution in [3.05, 3.63) is 11.8 Å². The Hall–Kier alpha value is -0.630. The van der Waals surface area contributed by atoms with E-state index in [1.165, 1.54) is 5.57 Å². The van der Waals surface area contributed by atoms with Crippen LogP contribution in [0.5, 0.6) is 0 Å². The molecular weight excluding hydrogens is 124 g/mol. The highest BCUT2D eigenvalue weighted by molar-refractivity contribution is 5.79. The molecule has 0 amide bonds. The van der Waals surface area contributed by atoms with Gasteiger partial charge in [-0.25, -0.2) is 0 Å². The molecule has 1 fully saturated rings. The van der Waals surface area contributed by atoms with E-state index in [4.69, 9.17) is 0 Å². The van der Waals surface area contributed by atoms with Crippen molar-refractivity contribution in [2.45, 2.75) is 20.3 Å². The van der Waals surface area contributed by atoms with E-state index in [-0.39, 0.29) is 0 Å². The molecule has 1 rings (SSSR count). The summed E-state index contributed by atoms with van der Waals surface area (Å²) in [6.45, 7) is 6.17. The number of nitrogens with one attached hydrogen (secondary N) is 1. The Morgan fingerprint density at radius 1 is 1.60 bits per heavy atom. The van der Waals surface area contributed by atoms with Crippen LogP contribution < -0.4 is 5.32 Å². The first-order chi connectivity index (χ1) is 4.79. The summed E-state index contributed by atoms with van der Waals surface area (Å²) in [5.41, 5.74) is 2.54. The van der Waals surface area contributed by atoms with Crippen molar-refractivity contribution in [1.82, 2.24) is 5.32 Å². The lowest BCUT2D eigenvalue weighted by Gasteiger charge is -1.89. The van der Waals surface area contributed by atoms with Crippen molar-refractivity contribution in [2.75, 3.05) is 13.1 Å². The molecule has 1 aliphatic rings. The van der Waals surface area contributed by atoms with Crippen LogP contribution in [0.3, 0.4) is 0 Å². The largest absolute Gasteiger partial charge is 0.313 e. The molecule has 0 aliphatic carbocycles. The van der Waals surface area contributed by atoms with E-state index < -0.39 is 0 Å². The average Bonchev–Trinajstić information content (AvgIpc) is 2.34. The van der Waals surface area contributed by atoms with Gasteiger partial charge < -0.3 is 5.32 Å². The third-order valence-corrected chi connectivity index (χ3v) is 1.48. The Balaban J connectivity index is 2.46. The van der Waals surface area contributed by atoms with Gasteiger partial charge in [0.25, 0.3) is 0 Å². The Morgan fingerprint density at radius 3 is 2.90 bits per heavy atom. The van der Waals surface area contributed by atoms with E-state index >= 15 is 0 Å². The van der Waals surface area contributed by atoms with E-state index in [0.29, 0.717) is 0 Å². The van der Waals surface area contributed by atoms with Gasteiger partial charge in [-0.05, 0) is 32.4 Å². The maximum Gasteiger partial charge on any atom is 0.0272 e. The molecule has 2 heteroatoms. The minimum absolute atomic E-state index is 1.02. The van der Waals surface area contributed by atoms with Crippen molar-refractivity contribution in [3.63, 3.8) is 0 Å². The number of hydrogen-bond donors (Lipinski definition) is 1. The van der Waals surface area contributed by atoms with E-state index in [1.807, 2.05) is 20.0 Å². The van der Waals surface area contributed by atoms with E-state index in [1.54, 1.807) is 0 Å². The van der Waals surface area contributed by atoms with Gasteiger partial charge in [-0.15, -0.1) is 0 Å². The molecule has 1 N–H and O–H groups in total. The summed E-state index contributed by atoms with van der Waals surface area (Å²) in [5.74, 6) is 0. The molecule has 0 aromatic heterocycles. The summed E-state index contributed by atoms with van der Waals surface area (Å²) < 4.78 is 0. The van der Waals surface area contributed by atoms with Gasteiger partial charge in [-0.1, -0.05) is 0 Å². The third-order valence-electron chi connectivity index (χ3n) is 1.48. The molecule has 0 aromatic carbocycles. The van der Waals surface area contributed by atoms with Crippen molar-refractivity contribution < 1.29 is 0 Å². The van der Waals surface area contributed by atoms with Gasteiger partial charge in [0.1, 0.15) is 0 Å². The first kappa shape index (κ1) is 7.48. The average molecular weight is 138 g/mol. The predicted molar refractivity (Wildman–Crippen MR) is 44.4 cm³/mol. The van der Waals surface area contributed by atoms with Crippen LogP contribution >= 0.6 is 0 Å². The number of aliphatic imine (C=N–C) groups is 1. The van der Waals surface area contributed by atoms with Crippen molar-refractivity contribution in [2.24, 2.45) is 4.99 Å². The zero-order chi connectivity index (χ0) is 7.40. The first-order valence-corrected chi connectivity index (χ1v) is 3.68. The van der Waals surface area contributed by atoms with Gasteiger partial charge >= 0.3 is 0 Å². The fourth-order valence-corrected chi connectivity index (χ4v) is 0.917. The molecular formula is C8H14N2. The van der Waals surface area contributed by atoms with Gasteiger partial charge in [-0.3, -0.25) is 4.99 Å². The van der Waals surface area contributed by atoms with Crippen LogP contribution in [0.15, 0.2) is 16.8 Å². The molecule has 10 heavy (non-hydrogen) atoms. The highest BCUT2D eigenvalue weighted by Gasteiger charge is 2.03. The molecule has 1 aliphatic heterocycles. The second kappa shape index (κ2) is 3.52. The topological polar surface area (TPSA) is 24.4 Å². The maximum absolute atomic E-state index is 4.22. The summed E-state index contributed by atoms with van der Waals surface area (Å²) in [7, 11) is 0. The summed E-state index contributed by atoms with van der Waals surface area (Å²) in [6.07, 6.45) is 3.14. The van der Waals surface area contributed by atoms with Crippen molar-refractivity contribution >= 4 is 5.71 Å². The van der Waals surface area contributed by atoms with Gasteiger partial charge in [0.05, 0.1) is 0 Å². The molecule has 1 heterocycles. The van der Waals surface area contributed by atoms with Crippen LogP contribution in [0.25, 0.3) is 0 Å². The first-order valence-electron chi connectivity index (χ1n) is 3.68. The smallest absolute Gasteiger partial charge is 0.0272 e. The SMILES string of the molecule is CC(C)=N/C=C1/CCNC1. The molecule has 0 saturated carbocycles. The molecule has 56 valence electrons. The second-order valence-electron chi connectivity index (χ2n) is 2.79. The summed E-state index contributed by atoms with van der Waals surface area (Å²) >= 11 is 0.